The quantitative estimate of drug-likeness (QED) is 0.00584. The van der Waals surface area contributed by atoms with Crippen LogP contribution in [0, 0.1) is 0 Å². The van der Waals surface area contributed by atoms with Gasteiger partial charge in [0.2, 0.25) is 11.8 Å². The molecule has 1 saturated heterocycles. The molecule has 0 unspecified atom stereocenters. The third-order valence-corrected chi connectivity index (χ3v) is 17.9. The van der Waals surface area contributed by atoms with Crippen molar-refractivity contribution < 1.29 is 79.7 Å². The number of carbonyl (C=O) groups excluding carboxylic acids is 6. The highest BCUT2D eigenvalue weighted by Gasteiger charge is 2.57. The summed E-state index contributed by atoms with van der Waals surface area (Å²) in [7, 11) is -0.281. The molecule has 0 bridgehead atoms. The number of β-lactam (4-membered cyclic amide) rings is 1. The summed E-state index contributed by atoms with van der Waals surface area (Å²) in [4.78, 5) is 96.9. The summed E-state index contributed by atoms with van der Waals surface area (Å²) in [5.41, 5.74) is 0.504. The number of nitrogens with zero attached hydrogens (tertiary/aromatic N) is 6. The van der Waals surface area contributed by atoms with E-state index >= 15 is 0 Å². The van der Waals surface area contributed by atoms with Crippen LogP contribution in [0.2, 0.25) is 5.02 Å². The highest BCUT2D eigenvalue weighted by atomic mass is 35.5. The Kier molecular flexibility index (Phi) is 21.1. The monoisotopic (exact) mass is 1370 g/mol. The number of thiazole rings is 2. The molecule has 5 aromatic carbocycles. The van der Waals surface area contributed by atoms with Gasteiger partial charge < -0.3 is 49.2 Å². The van der Waals surface area contributed by atoms with Gasteiger partial charge in [0, 0.05) is 31.3 Å². The summed E-state index contributed by atoms with van der Waals surface area (Å²) < 4.78 is 73.6. The molecule has 1 saturated carbocycles. The van der Waals surface area contributed by atoms with Crippen LogP contribution in [0.3, 0.4) is 0 Å². The second-order valence-corrected chi connectivity index (χ2v) is 26.3. The van der Waals surface area contributed by atoms with Crippen LogP contribution in [-0.4, -0.2) is 124 Å². The predicted octanol–water partition coefficient (Wildman–Crippen LogP) is 8.40. The topological polar surface area (TPSA) is 320 Å². The lowest BCUT2D eigenvalue weighted by Gasteiger charge is -2.44. The Labute approximate surface area is 558 Å². The molecule has 0 spiro atoms. The van der Waals surface area contributed by atoms with Gasteiger partial charge in [0.25, 0.3) is 23.6 Å². The van der Waals surface area contributed by atoms with Gasteiger partial charge in [-0.2, -0.15) is 13.1 Å². The van der Waals surface area contributed by atoms with E-state index in [2.05, 4.69) is 36.4 Å². The highest BCUT2D eigenvalue weighted by Crippen LogP contribution is 2.44. The largest absolute Gasteiger partial charge is 0.497 e. The molecule has 10 rings (SSSR count). The molecule has 0 radical (unpaired) electrons. The number of aromatic nitrogens is 4. The SMILES string of the molecule is COc1ccc(COc2ccc(C(=O)NCCCn3cc(-c4ncc(C(=O)NC[C@@H]5[C@H](NC(=O)/C(=N\OC6(C(=O)OC(c7ccccc7)c7ccccc7)CC6)c6csc(NC(=O)OC(C)(C)C)n6)C(=O)N5S(=O)(=O)O)s4)c[n+]3C)c(Cl)c2OCc2ccc(OC)cc2)cc1. The first-order valence-electron chi connectivity index (χ1n) is 29.6. The van der Waals surface area contributed by atoms with E-state index in [1.54, 1.807) is 114 Å². The number of benzene rings is 5. The summed E-state index contributed by atoms with van der Waals surface area (Å²) >= 11 is 8.81. The zero-order valence-corrected chi connectivity index (χ0v) is 55.3. The fourth-order valence-electron chi connectivity index (χ4n) is 9.73. The number of methoxy groups -OCH3 is 2. The Bertz CT molecular complexity index is 4220. The summed E-state index contributed by atoms with van der Waals surface area (Å²) in [6.45, 7) is 5.37. The van der Waals surface area contributed by atoms with E-state index < -0.39 is 87.6 Å². The molecule has 2 atom stereocenters. The van der Waals surface area contributed by atoms with Gasteiger partial charge in [0.1, 0.15) is 51.9 Å². The third-order valence-electron chi connectivity index (χ3n) is 14.8. The molecule has 2 fully saturated rings. The van der Waals surface area contributed by atoms with Crippen molar-refractivity contribution in [3.63, 3.8) is 0 Å². The highest BCUT2D eigenvalue weighted by molar-refractivity contribution is 7.84. The Morgan fingerprint density at radius 2 is 1.48 bits per heavy atom. The van der Waals surface area contributed by atoms with E-state index in [0.717, 1.165) is 33.8 Å². The second kappa shape index (κ2) is 29.6. The minimum atomic E-state index is -5.25. The van der Waals surface area contributed by atoms with Crippen molar-refractivity contribution in [1.29, 1.82) is 0 Å². The summed E-state index contributed by atoms with van der Waals surface area (Å²) in [5, 5.41) is 16.3. The van der Waals surface area contributed by atoms with Crippen LogP contribution in [0.5, 0.6) is 23.0 Å². The van der Waals surface area contributed by atoms with Crippen molar-refractivity contribution in [1.82, 2.24) is 34.9 Å². The first-order chi connectivity index (χ1) is 45.5. The number of hydrogen-bond donors (Lipinski definition) is 5. The smallest absolute Gasteiger partial charge is 0.413 e. The van der Waals surface area contributed by atoms with Crippen LogP contribution in [-0.2, 0) is 65.8 Å². The average Bonchev–Trinajstić information content (AvgIpc) is 1.45. The maximum atomic E-state index is 14.4. The fraction of sp³-hybridized carbons (Fsp3) is 0.292. The normalized spacial score (nSPS) is 15.0. The summed E-state index contributed by atoms with van der Waals surface area (Å²) in [5.74, 6) is -2.46. The van der Waals surface area contributed by atoms with Crippen LogP contribution in [0.4, 0.5) is 9.93 Å². The van der Waals surface area contributed by atoms with Crippen LogP contribution in [0.25, 0.3) is 10.6 Å². The molecule has 496 valence electrons. The number of oxime groups is 1. The number of esters is 1. The van der Waals surface area contributed by atoms with Crippen LogP contribution < -0.4 is 44.9 Å². The Morgan fingerprint density at radius 3 is 2.08 bits per heavy atom. The number of rotatable bonds is 28. The van der Waals surface area contributed by atoms with Gasteiger partial charge in [-0.15, -0.1) is 27.4 Å². The van der Waals surface area contributed by atoms with E-state index in [1.165, 1.54) is 11.6 Å². The van der Waals surface area contributed by atoms with Crippen LogP contribution in [0.15, 0.2) is 150 Å². The van der Waals surface area contributed by atoms with Crippen molar-refractivity contribution >= 4 is 91.1 Å². The number of halogens is 1. The molecule has 5 N–H and O–H groups in total. The number of amides is 5. The summed E-state index contributed by atoms with van der Waals surface area (Å²) in [6.07, 6.45) is 3.95. The molecule has 4 heterocycles. The Morgan fingerprint density at radius 1 is 0.853 bits per heavy atom. The zero-order valence-electron chi connectivity index (χ0n) is 52.1. The average molecular weight is 1370 g/mol. The molecule has 5 amide bonds. The third kappa shape index (κ3) is 16.9. The first kappa shape index (κ1) is 67.9. The molecule has 1 aliphatic heterocycles. The van der Waals surface area contributed by atoms with Gasteiger partial charge in [0.05, 0.1) is 55.3 Å². The standard InChI is InChI=1S/C65H65ClN10O16S3/c1-64(2,3)91-63(82)72-62-70-47(38-93-62)52(73-92-65(28-29-65)61(81)90-54(41-14-9-7-10-15-41)42-16-11-8-12-17-42)58(79)71-53-48(76(60(53)80)95(83,84)85)32-68-57(78)50-33-69-59(94-50)43-34-74(4)75(35-43)31-13-30-67-56(77)46-26-27-49(88-36-39-18-22-44(86-5)23-19-39)55(51(46)66)89-37-40-20-24-45(87-6)25-21-40/h7-12,14-27,33-35,38,48,53-54H,13,28-32,36-37H2,1-6H3,(H4-,67,68,70,71,72,77,78,79,82,83,84,85)/p+1/b73-52-/t48-,53+/m1/s1. The summed E-state index contributed by atoms with van der Waals surface area (Å²) in [6, 6.07) is 32.7. The molecular weight excluding hydrogens is 1310 g/mol. The van der Waals surface area contributed by atoms with Gasteiger partial charge in [0.15, 0.2) is 35.5 Å². The van der Waals surface area contributed by atoms with E-state index in [9.17, 15) is 41.7 Å². The minimum Gasteiger partial charge on any atom is -0.497 e. The van der Waals surface area contributed by atoms with E-state index in [4.69, 9.17) is 44.9 Å². The van der Waals surface area contributed by atoms with Crippen molar-refractivity contribution in [2.45, 2.75) is 89.2 Å². The van der Waals surface area contributed by atoms with E-state index in [0.29, 0.717) is 51.9 Å². The number of ether oxygens (including phenoxy) is 6. The van der Waals surface area contributed by atoms with Gasteiger partial charge in [-0.05, 0) is 85.8 Å². The van der Waals surface area contributed by atoms with E-state index in [1.807, 2.05) is 71.5 Å². The van der Waals surface area contributed by atoms with Gasteiger partial charge in [-0.25, -0.2) is 23.9 Å². The lowest BCUT2D eigenvalue weighted by atomic mass is 9.98. The maximum absolute atomic E-state index is 14.4. The zero-order chi connectivity index (χ0) is 67.6. The first-order valence-corrected chi connectivity index (χ1v) is 33.0. The van der Waals surface area contributed by atoms with Gasteiger partial charge in [-0.1, -0.05) is 102 Å². The van der Waals surface area contributed by atoms with Crippen LogP contribution in [0.1, 0.15) is 94.1 Å². The maximum Gasteiger partial charge on any atom is 0.413 e. The molecule has 1 aliphatic carbocycles. The molecule has 3 aromatic heterocycles. The number of nitrogens with one attached hydrogen (secondary N) is 4. The number of anilines is 1. The molecular formula is C65H66ClN10O16S3+. The van der Waals surface area contributed by atoms with Gasteiger partial charge >= 0.3 is 22.4 Å². The van der Waals surface area contributed by atoms with Crippen molar-refractivity contribution in [3.05, 3.63) is 189 Å². The fourth-order valence-corrected chi connectivity index (χ4v) is 12.4. The van der Waals surface area contributed by atoms with Crippen molar-refractivity contribution in [3.8, 4) is 33.6 Å². The number of carbonyl (C=O) groups is 6. The number of aryl methyl sites for hydroxylation is 2. The minimum absolute atomic E-state index is 0.0411. The lowest BCUT2D eigenvalue weighted by Crippen LogP contribution is -2.74. The molecule has 95 heavy (non-hydrogen) atoms. The molecule has 30 heteroatoms. The molecule has 8 aromatic rings. The van der Waals surface area contributed by atoms with Crippen molar-refractivity contribution in [2.75, 3.05) is 32.6 Å². The Hall–Kier alpha value is -9.94. The molecule has 26 nitrogen and oxygen atoms in total. The van der Waals surface area contributed by atoms with Crippen LogP contribution >= 0.6 is 34.3 Å². The lowest BCUT2D eigenvalue weighted by molar-refractivity contribution is -0.753. The van der Waals surface area contributed by atoms with E-state index in [-0.39, 0.29) is 68.9 Å². The predicted molar refractivity (Wildman–Crippen MR) is 349 cm³/mol. The molecule has 2 aliphatic rings. The number of hydrogen-bond acceptors (Lipinski definition) is 20. The second-order valence-electron chi connectivity index (χ2n) is 22.8. The van der Waals surface area contributed by atoms with Crippen molar-refractivity contribution in [2.24, 2.45) is 12.2 Å². The van der Waals surface area contributed by atoms with Gasteiger partial charge in [-0.3, -0.25) is 29.0 Å². The Balaban J connectivity index is 0.775.